The highest BCUT2D eigenvalue weighted by Crippen LogP contribution is 2.37. The first-order valence-corrected chi connectivity index (χ1v) is 11.3. The maximum Gasteiger partial charge on any atom is 0.245 e. The van der Waals surface area contributed by atoms with Gasteiger partial charge in [-0.25, -0.2) is 0 Å². The summed E-state index contributed by atoms with van der Waals surface area (Å²) < 4.78 is 10.6. The molecule has 1 aromatic carbocycles. The minimum Gasteiger partial charge on any atom is -0.493 e. The molecular formula is C25H34N2O5. The summed E-state index contributed by atoms with van der Waals surface area (Å²) in [5, 5.41) is 0. The maximum atomic E-state index is 13.4. The number of likely N-dealkylation sites (N-methyl/N-ethyl adjacent to an activating group) is 1. The second-order valence-electron chi connectivity index (χ2n) is 9.05. The first kappa shape index (κ1) is 23.8. The van der Waals surface area contributed by atoms with E-state index in [2.05, 4.69) is 0 Å². The van der Waals surface area contributed by atoms with E-state index in [1.54, 1.807) is 26.2 Å². The van der Waals surface area contributed by atoms with Crippen molar-refractivity contribution in [2.75, 3.05) is 27.8 Å². The van der Waals surface area contributed by atoms with Gasteiger partial charge in [0, 0.05) is 13.6 Å². The van der Waals surface area contributed by atoms with Crippen molar-refractivity contribution in [1.82, 2.24) is 9.80 Å². The van der Waals surface area contributed by atoms with Crippen LogP contribution in [0.2, 0.25) is 0 Å². The predicted molar refractivity (Wildman–Crippen MR) is 121 cm³/mol. The number of nitrogens with zero attached hydrogens (tertiary/aromatic N) is 2. The summed E-state index contributed by atoms with van der Waals surface area (Å²) in [5.41, 5.74) is 1.01. The Kier molecular flexibility index (Phi) is 7.59. The van der Waals surface area contributed by atoms with Crippen LogP contribution in [-0.2, 0) is 20.8 Å². The summed E-state index contributed by atoms with van der Waals surface area (Å²) in [6, 6.07) is 4.93. The van der Waals surface area contributed by atoms with Crippen molar-refractivity contribution in [1.29, 1.82) is 0 Å². The topological polar surface area (TPSA) is 76.2 Å². The number of amides is 3. The number of benzene rings is 1. The van der Waals surface area contributed by atoms with E-state index in [0.29, 0.717) is 43.7 Å². The highest BCUT2D eigenvalue weighted by Gasteiger charge is 2.51. The SMILES string of the molecule is COc1ccc(CCN(C)C(=O)C(CC(C)C)N2C(=O)C3CC=CCC3C2=O)cc1OC. The van der Waals surface area contributed by atoms with E-state index in [1.165, 1.54) is 4.90 Å². The highest BCUT2D eigenvalue weighted by atomic mass is 16.5. The number of allylic oxidation sites excluding steroid dienone is 2. The molecule has 0 saturated carbocycles. The summed E-state index contributed by atoms with van der Waals surface area (Å²) in [6.07, 6.45) is 6.15. The number of carbonyl (C=O) groups excluding carboxylic acids is 3. The molecule has 0 bridgehead atoms. The van der Waals surface area contributed by atoms with Crippen LogP contribution in [-0.4, -0.2) is 61.4 Å². The zero-order chi connectivity index (χ0) is 23.4. The first-order valence-electron chi connectivity index (χ1n) is 11.3. The van der Waals surface area contributed by atoms with Gasteiger partial charge in [0.25, 0.3) is 0 Å². The lowest BCUT2D eigenvalue weighted by Crippen LogP contribution is -2.51. The van der Waals surface area contributed by atoms with Crippen molar-refractivity contribution in [2.24, 2.45) is 17.8 Å². The van der Waals surface area contributed by atoms with E-state index in [-0.39, 0.29) is 35.5 Å². The van der Waals surface area contributed by atoms with Crippen molar-refractivity contribution >= 4 is 17.7 Å². The second kappa shape index (κ2) is 10.2. The summed E-state index contributed by atoms with van der Waals surface area (Å²) in [5.74, 6) is 0.227. The Morgan fingerprint density at radius 2 is 1.66 bits per heavy atom. The average Bonchev–Trinajstić information content (AvgIpc) is 3.05. The van der Waals surface area contributed by atoms with Crippen LogP contribution in [0.25, 0.3) is 0 Å². The van der Waals surface area contributed by atoms with Crippen molar-refractivity contribution < 1.29 is 23.9 Å². The Labute approximate surface area is 190 Å². The molecule has 1 aliphatic heterocycles. The van der Waals surface area contributed by atoms with Gasteiger partial charge in [-0.3, -0.25) is 19.3 Å². The van der Waals surface area contributed by atoms with Crippen LogP contribution in [0.4, 0.5) is 0 Å². The third kappa shape index (κ3) is 4.81. The van der Waals surface area contributed by atoms with E-state index in [0.717, 1.165) is 5.56 Å². The molecule has 3 amide bonds. The summed E-state index contributed by atoms with van der Waals surface area (Å²) in [7, 11) is 4.91. The normalized spacial score (nSPS) is 21.0. The fraction of sp³-hybridized carbons (Fsp3) is 0.560. The van der Waals surface area contributed by atoms with Gasteiger partial charge in [-0.15, -0.1) is 0 Å². The molecule has 1 aliphatic carbocycles. The fourth-order valence-electron chi connectivity index (χ4n) is 4.59. The zero-order valence-corrected chi connectivity index (χ0v) is 19.7. The molecule has 0 aromatic heterocycles. The first-order chi connectivity index (χ1) is 15.3. The van der Waals surface area contributed by atoms with Gasteiger partial charge in [0.1, 0.15) is 6.04 Å². The molecule has 3 rings (SSSR count). The number of rotatable bonds is 9. The number of hydrogen-bond acceptors (Lipinski definition) is 5. The molecule has 0 N–H and O–H groups in total. The molecule has 7 nitrogen and oxygen atoms in total. The maximum absolute atomic E-state index is 13.4. The van der Waals surface area contributed by atoms with Crippen LogP contribution in [0.15, 0.2) is 30.4 Å². The second-order valence-corrected chi connectivity index (χ2v) is 9.05. The smallest absolute Gasteiger partial charge is 0.245 e. The summed E-state index contributed by atoms with van der Waals surface area (Å²) in [6.45, 7) is 4.47. The van der Waals surface area contributed by atoms with Crippen LogP contribution >= 0.6 is 0 Å². The Morgan fingerprint density at radius 1 is 1.06 bits per heavy atom. The number of ether oxygens (including phenoxy) is 2. The van der Waals surface area contributed by atoms with Gasteiger partial charge < -0.3 is 14.4 Å². The number of carbonyl (C=O) groups is 3. The molecule has 1 saturated heterocycles. The predicted octanol–water partition coefficient (Wildman–Crippen LogP) is 3.07. The third-order valence-electron chi connectivity index (χ3n) is 6.39. The van der Waals surface area contributed by atoms with E-state index in [4.69, 9.17) is 9.47 Å². The lowest BCUT2D eigenvalue weighted by atomic mass is 9.85. The van der Waals surface area contributed by atoms with E-state index >= 15 is 0 Å². The van der Waals surface area contributed by atoms with Gasteiger partial charge in [0.15, 0.2) is 11.5 Å². The number of likely N-dealkylation sites (tertiary alicyclic amines) is 1. The summed E-state index contributed by atoms with van der Waals surface area (Å²) >= 11 is 0. The van der Waals surface area contributed by atoms with Gasteiger partial charge in [-0.05, 0) is 49.3 Å². The molecule has 1 fully saturated rings. The van der Waals surface area contributed by atoms with Gasteiger partial charge in [0.05, 0.1) is 26.1 Å². The molecule has 1 aromatic rings. The van der Waals surface area contributed by atoms with Crippen molar-refractivity contribution in [3.05, 3.63) is 35.9 Å². The van der Waals surface area contributed by atoms with Crippen LogP contribution in [0.1, 0.15) is 38.7 Å². The van der Waals surface area contributed by atoms with Crippen LogP contribution in [0.5, 0.6) is 11.5 Å². The van der Waals surface area contributed by atoms with E-state index in [9.17, 15) is 14.4 Å². The van der Waals surface area contributed by atoms with Crippen molar-refractivity contribution in [3.8, 4) is 11.5 Å². The number of fused-ring (bicyclic) bond motifs is 1. The van der Waals surface area contributed by atoms with Crippen molar-refractivity contribution in [3.63, 3.8) is 0 Å². The van der Waals surface area contributed by atoms with Gasteiger partial charge in [-0.1, -0.05) is 32.1 Å². The van der Waals surface area contributed by atoms with Crippen molar-refractivity contribution in [2.45, 2.75) is 45.6 Å². The molecule has 3 unspecified atom stereocenters. The van der Waals surface area contributed by atoms with Gasteiger partial charge in [0.2, 0.25) is 17.7 Å². The Balaban J connectivity index is 1.73. The quantitative estimate of drug-likeness (QED) is 0.434. The lowest BCUT2D eigenvalue weighted by Gasteiger charge is -2.31. The third-order valence-corrected chi connectivity index (χ3v) is 6.39. The summed E-state index contributed by atoms with van der Waals surface area (Å²) in [4.78, 5) is 42.5. The number of methoxy groups -OCH3 is 2. The molecule has 3 atom stereocenters. The Morgan fingerprint density at radius 3 is 2.19 bits per heavy atom. The fourth-order valence-corrected chi connectivity index (χ4v) is 4.59. The molecule has 1 heterocycles. The molecule has 7 heteroatoms. The molecular weight excluding hydrogens is 408 g/mol. The van der Waals surface area contributed by atoms with E-state index in [1.807, 2.05) is 44.2 Å². The molecule has 2 aliphatic rings. The molecule has 0 spiro atoms. The zero-order valence-electron chi connectivity index (χ0n) is 19.7. The monoisotopic (exact) mass is 442 g/mol. The Hall–Kier alpha value is -2.83. The average molecular weight is 443 g/mol. The minimum atomic E-state index is -0.754. The van der Waals surface area contributed by atoms with Gasteiger partial charge in [-0.2, -0.15) is 0 Å². The largest absolute Gasteiger partial charge is 0.493 e. The molecule has 32 heavy (non-hydrogen) atoms. The lowest BCUT2D eigenvalue weighted by molar-refractivity contribution is -0.151. The number of imide groups is 1. The number of hydrogen-bond donors (Lipinski definition) is 0. The Bertz CT molecular complexity index is 868. The molecule has 174 valence electrons. The van der Waals surface area contributed by atoms with Gasteiger partial charge >= 0.3 is 0 Å². The van der Waals surface area contributed by atoms with Crippen LogP contribution < -0.4 is 9.47 Å². The van der Waals surface area contributed by atoms with E-state index < -0.39 is 6.04 Å². The minimum absolute atomic E-state index is 0.171. The highest BCUT2D eigenvalue weighted by molar-refractivity contribution is 6.08. The standard InChI is InChI=1S/C25H34N2O5/c1-16(2)14-20(27-23(28)18-8-6-7-9-19(18)24(27)29)25(30)26(3)13-12-17-10-11-21(31-4)22(15-17)32-5/h6-7,10-11,15-16,18-20H,8-9,12-14H2,1-5H3. The van der Waals surface area contributed by atoms with Crippen LogP contribution in [0.3, 0.4) is 0 Å². The molecule has 0 radical (unpaired) electrons. The van der Waals surface area contributed by atoms with Crippen LogP contribution in [0, 0.1) is 17.8 Å².